The van der Waals surface area contributed by atoms with Crippen molar-refractivity contribution in [1.29, 1.82) is 0 Å². The van der Waals surface area contributed by atoms with E-state index in [9.17, 15) is 0 Å². The van der Waals surface area contributed by atoms with Crippen molar-refractivity contribution < 1.29 is 13.3 Å². The molecule has 0 aromatic carbocycles. The molecular formula is C7H22N2O3Si. The smallest absolute Gasteiger partial charge is 0.379 e. The van der Waals surface area contributed by atoms with E-state index in [1.165, 1.54) is 0 Å². The van der Waals surface area contributed by atoms with Gasteiger partial charge in [0.05, 0.1) is 0 Å². The molecule has 0 saturated carbocycles. The van der Waals surface area contributed by atoms with E-state index in [0.717, 1.165) is 0 Å². The molecule has 0 aliphatic heterocycles. The highest BCUT2D eigenvalue weighted by molar-refractivity contribution is 6.36. The van der Waals surface area contributed by atoms with E-state index < -0.39 is 9.53 Å². The molecule has 13 heavy (non-hydrogen) atoms. The molecule has 0 radical (unpaired) electrons. The standard InChI is InChI=1S/C4H12N2.C3H10O3Si/c1-4(2)6-3-5;1-4-7(5-2)6-3/h4,6H,3,5H2,1-2H3;7H,1-3H3. The van der Waals surface area contributed by atoms with Crippen molar-refractivity contribution in [2.24, 2.45) is 5.73 Å². The predicted octanol–water partition coefficient (Wildman–Crippen LogP) is -0.457. The maximum atomic E-state index is 5.12. The van der Waals surface area contributed by atoms with Crippen LogP contribution in [0.4, 0.5) is 0 Å². The number of hydrogen-bond donors (Lipinski definition) is 2. The zero-order valence-electron chi connectivity index (χ0n) is 9.16. The topological polar surface area (TPSA) is 65.7 Å². The van der Waals surface area contributed by atoms with E-state index in [1.807, 2.05) is 0 Å². The Kier molecular flexibility index (Phi) is 14.3. The lowest BCUT2D eigenvalue weighted by atomic mass is 10.4. The monoisotopic (exact) mass is 210 g/mol. The third-order valence-electron chi connectivity index (χ3n) is 1.10. The summed E-state index contributed by atoms with van der Waals surface area (Å²) in [7, 11) is 3.05. The van der Waals surface area contributed by atoms with Gasteiger partial charge in [-0.05, 0) is 13.8 Å². The van der Waals surface area contributed by atoms with Crippen molar-refractivity contribution in [3.63, 3.8) is 0 Å². The summed E-state index contributed by atoms with van der Waals surface area (Å²) >= 11 is 0. The molecule has 0 aromatic heterocycles. The second-order valence-corrected chi connectivity index (χ2v) is 4.55. The van der Waals surface area contributed by atoms with Crippen molar-refractivity contribution in [2.75, 3.05) is 28.0 Å². The number of hydrogen-bond acceptors (Lipinski definition) is 5. The highest BCUT2D eigenvalue weighted by Gasteiger charge is 2.04. The van der Waals surface area contributed by atoms with Crippen LogP contribution in [0, 0.1) is 0 Å². The molecule has 0 aromatic rings. The summed E-state index contributed by atoms with van der Waals surface area (Å²) in [6.07, 6.45) is 0. The van der Waals surface area contributed by atoms with Crippen LogP contribution in [0.1, 0.15) is 13.8 Å². The van der Waals surface area contributed by atoms with E-state index >= 15 is 0 Å². The summed E-state index contributed by atoms with van der Waals surface area (Å²) in [6, 6.07) is 0.523. The van der Waals surface area contributed by atoms with Crippen molar-refractivity contribution in [3.05, 3.63) is 0 Å². The van der Waals surface area contributed by atoms with Gasteiger partial charge in [-0.1, -0.05) is 0 Å². The van der Waals surface area contributed by atoms with E-state index in [2.05, 4.69) is 19.2 Å². The zero-order valence-corrected chi connectivity index (χ0v) is 10.3. The third-order valence-corrected chi connectivity index (χ3v) is 2.26. The molecule has 0 atom stereocenters. The van der Waals surface area contributed by atoms with Gasteiger partial charge in [-0.15, -0.1) is 0 Å². The normalized spacial score (nSPS) is 10.2. The molecule has 5 nitrogen and oxygen atoms in total. The second kappa shape index (κ2) is 12.0. The van der Waals surface area contributed by atoms with Gasteiger partial charge in [0.1, 0.15) is 0 Å². The maximum absolute atomic E-state index is 5.12. The molecule has 3 N–H and O–H groups in total. The van der Waals surface area contributed by atoms with Gasteiger partial charge < -0.3 is 24.3 Å². The van der Waals surface area contributed by atoms with Gasteiger partial charge >= 0.3 is 9.53 Å². The Bertz CT molecular complexity index is 86.3. The summed E-state index contributed by atoms with van der Waals surface area (Å²) in [5.74, 6) is 0. The van der Waals surface area contributed by atoms with Crippen LogP contribution in [0.25, 0.3) is 0 Å². The molecule has 0 aliphatic rings. The molecule has 0 rings (SSSR count). The average molecular weight is 210 g/mol. The first-order valence-corrected chi connectivity index (χ1v) is 5.55. The fraction of sp³-hybridized carbons (Fsp3) is 1.00. The van der Waals surface area contributed by atoms with Crippen LogP contribution in [-0.2, 0) is 13.3 Å². The van der Waals surface area contributed by atoms with Gasteiger partial charge in [-0.2, -0.15) is 0 Å². The molecule has 0 spiro atoms. The van der Waals surface area contributed by atoms with Crippen molar-refractivity contribution in [1.82, 2.24) is 5.32 Å². The fourth-order valence-corrected chi connectivity index (χ4v) is 1.10. The summed E-state index contributed by atoms with van der Waals surface area (Å²) in [6.45, 7) is 4.71. The molecule has 0 heterocycles. The van der Waals surface area contributed by atoms with Crippen molar-refractivity contribution >= 4 is 9.53 Å². The van der Waals surface area contributed by atoms with Crippen molar-refractivity contribution in [2.45, 2.75) is 19.9 Å². The molecule has 0 bridgehead atoms. The lowest BCUT2D eigenvalue weighted by Crippen LogP contribution is -2.28. The minimum atomic E-state index is -1.67. The maximum Gasteiger partial charge on any atom is 0.483 e. The minimum absolute atomic E-state index is 0.523. The second-order valence-electron chi connectivity index (χ2n) is 2.56. The van der Waals surface area contributed by atoms with Crippen LogP contribution >= 0.6 is 0 Å². The quantitative estimate of drug-likeness (QED) is 0.475. The Labute approximate surface area is 82.5 Å². The molecule has 0 aliphatic carbocycles. The van der Waals surface area contributed by atoms with E-state index in [4.69, 9.17) is 19.0 Å². The van der Waals surface area contributed by atoms with E-state index in [-0.39, 0.29) is 0 Å². The van der Waals surface area contributed by atoms with Gasteiger partial charge in [0, 0.05) is 34.0 Å². The summed E-state index contributed by atoms with van der Waals surface area (Å²) in [5, 5.41) is 2.99. The Balaban J connectivity index is 0. The van der Waals surface area contributed by atoms with Crippen LogP contribution in [0.3, 0.4) is 0 Å². The average Bonchev–Trinajstić information content (AvgIpc) is 2.08. The number of nitrogens with two attached hydrogens (primary N) is 1. The minimum Gasteiger partial charge on any atom is -0.379 e. The highest BCUT2D eigenvalue weighted by atomic mass is 28.3. The van der Waals surface area contributed by atoms with Gasteiger partial charge in [0.2, 0.25) is 0 Å². The van der Waals surface area contributed by atoms with E-state index in [1.54, 1.807) is 21.3 Å². The van der Waals surface area contributed by atoms with Crippen LogP contribution in [0.2, 0.25) is 0 Å². The molecule has 0 saturated heterocycles. The summed E-state index contributed by atoms with van der Waals surface area (Å²) < 4.78 is 14.2. The molecular weight excluding hydrogens is 188 g/mol. The van der Waals surface area contributed by atoms with Crippen LogP contribution in [0.15, 0.2) is 0 Å². The zero-order chi connectivity index (χ0) is 10.7. The van der Waals surface area contributed by atoms with Gasteiger partial charge in [-0.3, -0.25) is 0 Å². The van der Waals surface area contributed by atoms with Gasteiger partial charge in [-0.25, -0.2) is 0 Å². The molecule has 0 amide bonds. The summed E-state index contributed by atoms with van der Waals surface area (Å²) in [5.41, 5.74) is 5.12. The lowest BCUT2D eigenvalue weighted by molar-refractivity contribution is 0.163. The third kappa shape index (κ3) is 14.8. The van der Waals surface area contributed by atoms with E-state index in [0.29, 0.717) is 12.7 Å². The SMILES string of the molecule is CC(C)NCN.CO[SiH](OC)OC. The van der Waals surface area contributed by atoms with Crippen LogP contribution in [0.5, 0.6) is 0 Å². The molecule has 6 heteroatoms. The number of nitrogens with one attached hydrogen (secondary N) is 1. The Morgan fingerprint density at radius 3 is 1.54 bits per heavy atom. The largest absolute Gasteiger partial charge is 0.483 e. The molecule has 82 valence electrons. The first-order chi connectivity index (χ1) is 6.12. The fourth-order valence-electron chi connectivity index (χ4n) is 0.524. The molecule has 0 unspecified atom stereocenters. The first kappa shape index (κ1) is 15.5. The first-order valence-electron chi connectivity index (χ1n) is 4.14. The van der Waals surface area contributed by atoms with Crippen molar-refractivity contribution in [3.8, 4) is 0 Å². The predicted molar refractivity (Wildman–Crippen MR) is 55.5 cm³/mol. The Hall–Kier alpha value is 0.0169. The Morgan fingerprint density at radius 1 is 1.15 bits per heavy atom. The van der Waals surface area contributed by atoms with Crippen LogP contribution in [-0.4, -0.2) is 43.6 Å². The lowest BCUT2D eigenvalue weighted by Gasteiger charge is -2.05. The van der Waals surface area contributed by atoms with Crippen LogP contribution < -0.4 is 11.1 Å². The van der Waals surface area contributed by atoms with Gasteiger partial charge in [0.15, 0.2) is 0 Å². The Morgan fingerprint density at radius 2 is 1.54 bits per heavy atom. The molecule has 0 fully saturated rings. The highest BCUT2D eigenvalue weighted by Crippen LogP contribution is 1.81. The van der Waals surface area contributed by atoms with Gasteiger partial charge in [0.25, 0.3) is 0 Å². The number of rotatable bonds is 5. The summed E-state index contributed by atoms with van der Waals surface area (Å²) in [4.78, 5) is 0.